The molecule has 1 aromatic heterocycles. The van der Waals surface area contributed by atoms with Gasteiger partial charge in [0.25, 0.3) is 0 Å². The number of aromatic nitrogens is 1. The first kappa shape index (κ1) is 17.7. The summed E-state index contributed by atoms with van der Waals surface area (Å²) in [4.78, 5) is 21.0. The van der Waals surface area contributed by atoms with Gasteiger partial charge in [-0.25, -0.2) is 4.98 Å². The van der Waals surface area contributed by atoms with Crippen LogP contribution in [0.25, 0.3) is 10.6 Å². The Morgan fingerprint density at radius 2 is 2.00 bits per heavy atom. The summed E-state index contributed by atoms with van der Waals surface area (Å²) in [5, 5.41) is 4.45. The average Bonchev–Trinajstić information content (AvgIpc) is 3.21. The molecule has 4 rings (SSSR count). The number of aryl methyl sites for hydroxylation is 1. The van der Waals surface area contributed by atoms with Crippen molar-refractivity contribution in [2.75, 3.05) is 20.1 Å². The van der Waals surface area contributed by atoms with E-state index in [4.69, 9.17) is 4.98 Å². The normalized spacial score (nSPS) is 22.2. The summed E-state index contributed by atoms with van der Waals surface area (Å²) >= 11 is 1.71. The van der Waals surface area contributed by atoms with Gasteiger partial charge in [-0.1, -0.05) is 30.3 Å². The second kappa shape index (κ2) is 6.78. The molecule has 0 bridgehead atoms. The van der Waals surface area contributed by atoms with E-state index in [-0.39, 0.29) is 17.4 Å². The lowest BCUT2D eigenvalue weighted by Gasteiger charge is -2.28. The lowest BCUT2D eigenvalue weighted by atomic mass is 9.91. The topological polar surface area (TPSA) is 45.2 Å². The molecular weight excluding hydrogens is 342 g/mol. The third-order valence-electron chi connectivity index (χ3n) is 6.25. The van der Waals surface area contributed by atoms with Crippen LogP contribution in [-0.4, -0.2) is 35.9 Å². The van der Waals surface area contributed by atoms with Crippen molar-refractivity contribution in [3.05, 3.63) is 40.9 Å². The van der Waals surface area contributed by atoms with Crippen molar-refractivity contribution in [2.24, 2.45) is 11.3 Å². The molecule has 138 valence electrons. The summed E-state index contributed by atoms with van der Waals surface area (Å²) in [7, 11) is 1.96. The van der Waals surface area contributed by atoms with Crippen molar-refractivity contribution < 1.29 is 4.79 Å². The van der Waals surface area contributed by atoms with E-state index in [1.807, 2.05) is 30.1 Å². The zero-order valence-corrected chi connectivity index (χ0v) is 16.6. The molecule has 1 aliphatic carbocycles. The van der Waals surface area contributed by atoms with E-state index in [1.165, 1.54) is 4.88 Å². The summed E-state index contributed by atoms with van der Waals surface area (Å²) in [6, 6.07) is 10.3. The molecule has 2 aliphatic rings. The third-order valence-corrected chi connectivity index (χ3v) is 7.63. The van der Waals surface area contributed by atoms with E-state index in [0.717, 1.165) is 48.6 Å². The van der Waals surface area contributed by atoms with Gasteiger partial charge in [0.05, 0.1) is 16.6 Å². The number of rotatable bonds is 4. The molecular formula is C21H27N3OS. The Bertz CT molecular complexity index is 795. The predicted molar refractivity (Wildman–Crippen MR) is 106 cm³/mol. The molecule has 2 heterocycles. The molecule has 1 saturated carbocycles. The van der Waals surface area contributed by atoms with Crippen LogP contribution in [0.3, 0.4) is 0 Å². The van der Waals surface area contributed by atoms with Gasteiger partial charge in [0.2, 0.25) is 5.91 Å². The number of benzene rings is 1. The van der Waals surface area contributed by atoms with Crippen molar-refractivity contribution in [2.45, 2.75) is 39.2 Å². The van der Waals surface area contributed by atoms with Gasteiger partial charge in [0.1, 0.15) is 5.01 Å². The van der Waals surface area contributed by atoms with Crippen LogP contribution in [0.5, 0.6) is 0 Å². The molecule has 1 aromatic carbocycles. The minimum absolute atomic E-state index is 0.0665. The molecule has 2 aromatic rings. The molecule has 1 saturated heterocycles. The standard InChI is InChI=1S/C21H27N3OS/c1-14-18(26-19(23-14)16-7-5-4-6-8-16)15(2)24(3)20(25)17-13-21(17)9-11-22-12-10-21/h4-8,15,17,22H,9-13H2,1-3H3. The van der Waals surface area contributed by atoms with Crippen LogP contribution in [0.4, 0.5) is 0 Å². The molecule has 4 nitrogen and oxygen atoms in total. The first-order valence-electron chi connectivity index (χ1n) is 9.52. The number of hydrogen-bond donors (Lipinski definition) is 1. The zero-order chi connectivity index (χ0) is 18.3. The van der Waals surface area contributed by atoms with E-state index in [0.29, 0.717) is 5.91 Å². The van der Waals surface area contributed by atoms with Gasteiger partial charge < -0.3 is 10.2 Å². The van der Waals surface area contributed by atoms with Gasteiger partial charge in [-0.15, -0.1) is 11.3 Å². The van der Waals surface area contributed by atoms with E-state index in [1.54, 1.807) is 11.3 Å². The van der Waals surface area contributed by atoms with E-state index < -0.39 is 0 Å². The number of piperidine rings is 1. The van der Waals surface area contributed by atoms with Crippen molar-refractivity contribution in [3.63, 3.8) is 0 Å². The highest BCUT2D eigenvalue weighted by Gasteiger charge is 2.58. The summed E-state index contributed by atoms with van der Waals surface area (Å²) in [6.45, 7) is 6.29. The third kappa shape index (κ3) is 3.08. The number of carbonyl (C=O) groups is 1. The Morgan fingerprint density at radius 1 is 1.31 bits per heavy atom. The maximum Gasteiger partial charge on any atom is 0.226 e. The second-order valence-electron chi connectivity index (χ2n) is 7.83. The smallest absolute Gasteiger partial charge is 0.226 e. The van der Waals surface area contributed by atoms with Gasteiger partial charge in [-0.05, 0) is 51.6 Å². The fourth-order valence-corrected chi connectivity index (χ4v) is 5.45. The van der Waals surface area contributed by atoms with Crippen LogP contribution in [0.15, 0.2) is 30.3 Å². The van der Waals surface area contributed by atoms with Crippen molar-refractivity contribution in [3.8, 4) is 10.6 Å². The quantitative estimate of drug-likeness (QED) is 0.885. The monoisotopic (exact) mass is 369 g/mol. The second-order valence-corrected chi connectivity index (χ2v) is 8.86. The molecule has 2 atom stereocenters. The number of hydrogen-bond acceptors (Lipinski definition) is 4. The molecule has 1 aliphatic heterocycles. The number of nitrogens with zero attached hydrogens (tertiary/aromatic N) is 2. The Kier molecular flexibility index (Phi) is 4.61. The van der Waals surface area contributed by atoms with Crippen molar-refractivity contribution in [1.82, 2.24) is 15.2 Å². The zero-order valence-electron chi connectivity index (χ0n) is 15.8. The highest BCUT2D eigenvalue weighted by molar-refractivity contribution is 7.15. The SMILES string of the molecule is Cc1nc(-c2ccccc2)sc1C(C)N(C)C(=O)C1CC12CCNCC2. The number of nitrogens with one attached hydrogen (secondary N) is 1. The first-order valence-corrected chi connectivity index (χ1v) is 10.3. The molecule has 5 heteroatoms. The highest BCUT2D eigenvalue weighted by atomic mass is 32.1. The number of amides is 1. The Morgan fingerprint density at radius 3 is 2.69 bits per heavy atom. The molecule has 1 N–H and O–H groups in total. The predicted octanol–water partition coefficient (Wildman–Crippen LogP) is 4.03. The Labute approximate surface area is 159 Å². The minimum atomic E-state index is 0.0665. The molecule has 1 spiro atoms. The van der Waals surface area contributed by atoms with Gasteiger partial charge in [0.15, 0.2) is 0 Å². The first-order chi connectivity index (χ1) is 12.5. The van der Waals surface area contributed by atoms with Crippen LogP contribution in [0.1, 0.15) is 42.8 Å². The summed E-state index contributed by atoms with van der Waals surface area (Å²) in [5.74, 6) is 0.535. The van der Waals surface area contributed by atoms with Gasteiger partial charge in [-0.3, -0.25) is 4.79 Å². The highest BCUT2D eigenvalue weighted by Crippen LogP contribution is 2.59. The van der Waals surface area contributed by atoms with E-state index in [2.05, 4.69) is 31.3 Å². The van der Waals surface area contributed by atoms with Crippen LogP contribution in [0, 0.1) is 18.3 Å². The lowest BCUT2D eigenvalue weighted by Crippen LogP contribution is -2.35. The van der Waals surface area contributed by atoms with E-state index in [9.17, 15) is 4.79 Å². The summed E-state index contributed by atoms with van der Waals surface area (Å²) < 4.78 is 0. The maximum atomic E-state index is 13.1. The fraction of sp³-hybridized carbons (Fsp3) is 0.524. The van der Waals surface area contributed by atoms with Crippen LogP contribution in [0.2, 0.25) is 0 Å². The van der Waals surface area contributed by atoms with Crippen LogP contribution < -0.4 is 5.32 Å². The lowest BCUT2D eigenvalue weighted by molar-refractivity contribution is -0.134. The fourth-order valence-electron chi connectivity index (χ4n) is 4.29. The van der Waals surface area contributed by atoms with Gasteiger partial charge in [-0.2, -0.15) is 0 Å². The molecule has 0 radical (unpaired) electrons. The van der Waals surface area contributed by atoms with Crippen molar-refractivity contribution in [1.29, 1.82) is 0 Å². The molecule has 1 amide bonds. The van der Waals surface area contributed by atoms with Gasteiger partial charge >= 0.3 is 0 Å². The number of thiazole rings is 1. The summed E-state index contributed by atoms with van der Waals surface area (Å²) in [5.41, 5.74) is 2.46. The molecule has 2 unspecified atom stereocenters. The number of carbonyl (C=O) groups excluding carboxylic acids is 1. The van der Waals surface area contributed by atoms with Crippen LogP contribution >= 0.6 is 11.3 Å². The molecule has 2 fully saturated rings. The minimum Gasteiger partial charge on any atom is -0.338 e. The Balaban J connectivity index is 1.50. The molecule has 26 heavy (non-hydrogen) atoms. The van der Waals surface area contributed by atoms with Crippen LogP contribution in [-0.2, 0) is 4.79 Å². The summed E-state index contributed by atoms with van der Waals surface area (Å²) in [6.07, 6.45) is 3.36. The van der Waals surface area contributed by atoms with E-state index >= 15 is 0 Å². The maximum absolute atomic E-state index is 13.1. The van der Waals surface area contributed by atoms with Crippen molar-refractivity contribution >= 4 is 17.2 Å². The average molecular weight is 370 g/mol. The Hall–Kier alpha value is -1.72. The largest absolute Gasteiger partial charge is 0.338 e. The van der Waals surface area contributed by atoms with Gasteiger partial charge in [0, 0.05) is 18.5 Å².